The summed E-state index contributed by atoms with van der Waals surface area (Å²) in [4.78, 5) is 12.4. The van der Waals surface area contributed by atoms with E-state index in [1.807, 2.05) is 45.0 Å². The van der Waals surface area contributed by atoms with Crippen LogP contribution in [-0.4, -0.2) is 17.4 Å². The van der Waals surface area contributed by atoms with Crippen molar-refractivity contribution in [3.05, 3.63) is 35.4 Å². The lowest BCUT2D eigenvalue weighted by atomic mass is 9.88. The smallest absolute Gasteiger partial charge is 0.166 e. The minimum atomic E-state index is -0.161. The fourth-order valence-corrected chi connectivity index (χ4v) is 2.41. The third-order valence-corrected chi connectivity index (χ3v) is 4.09. The molecule has 0 heterocycles. The van der Waals surface area contributed by atoms with Gasteiger partial charge in [0.05, 0.1) is 6.61 Å². The number of ketones is 1. The maximum absolute atomic E-state index is 12.4. The van der Waals surface area contributed by atoms with Crippen molar-refractivity contribution < 1.29 is 9.53 Å². The molecule has 2 atom stereocenters. The maximum Gasteiger partial charge on any atom is 0.166 e. The van der Waals surface area contributed by atoms with E-state index in [-0.39, 0.29) is 17.6 Å². The normalized spacial score (nSPS) is 13.6. The minimum Gasteiger partial charge on any atom is -0.487 e. The number of hydrogen-bond donors (Lipinski definition) is 0. The Bertz CT molecular complexity index is 451. The van der Waals surface area contributed by atoms with E-state index in [0.29, 0.717) is 11.7 Å². The van der Waals surface area contributed by atoms with Gasteiger partial charge in [0, 0.05) is 17.4 Å². The number of hydrogen-bond acceptors (Lipinski definition) is 3. The summed E-state index contributed by atoms with van der Waals surface area (Å²) in [7, 11) is 0. The molecule has 0 amide bonds. The average molecular weight is 292 g/mol. The monoisotopic (exact) mass is 292 g/mol. The first kappa shape index (κ1) is 16.8. The highest BCUT2D eigenvalue weighted by molar-refractivity contribution is 7.80. The quantitative estimate of drug-likeness (QED) is 0.548. The molecule has 1 aromatic carbocycles. The van der Waals surface area contributed by atoms with Gasteiger partial charge in [-0.3, -0.25) is 4.79 Å². The van der Waals surface area contributed by atoms with E-state index >= 15 is 0 Å². The molecule has 0 aliphatic carbocycles. The molecule has 2 unspecified atom stereocenters. The molecule has 0 saturated carbocycles. The number of thiocarbonyl (C=S) groups is 1. The van der Waals surface area contributed by atoms with Gasteiger partial charge < -0.3 is 4.74 Å². The SMILES string of the molecule is CCCc1ccc(C(=O)C(C)C(C)C(=S)OCC)cc1. The topological polar surface area (TPSA) is 26.3 Å². The second kappa shape index (κ2) is 8.15. The van der Waals surface area contributed by atoms with Gasteiger partial charge in [0.15, 0.2) is 10.8 Å². The zero-order valence-corrected chi connectivity index (χ0v) is 13.6. The second-order valence-electron chi connectivity index (χ2n) is 5.14. The average Bonchev–Trinajstić information content (AvgIpc) is 2.46. The lowest BCUT2D eigenvalue weighted by molar-refractivity contribution is 0.0905. The predicted octanol–water partition coefficient (Wildman–Crippen LogP) is 4.46. The highest BCUT2D eigenvalue weighted by Gasteiger charge is 2.25. The summed E-state index contributed by atoms with van der Waals surface area (Å²) < 4.78 is 5.34. The third kappa shape index (κ3) is 4.41. The van der Waals surface area contributed by atoms with Gasteiger partial charge in [0.1, 0.15) is 0 Å². The highest BCUT2D eigenvalue weighted by atomic mass is 32.1. The fraction of sp³-hybridized carbons (Fsp3) is 0.529. The van der Waals surface area contributed by atoms with E-state index in [1.54, 1.807) is 0 Å². The molecule has 0 aliphatic heterocycles. The van der Waals surface area contributed by atoms with Crippen LogP contribution in [0.25, 0.3) is 0 Å². The van der Waals surface area contributed by atoms with Crippen molar-refractivity contribution in [3.63, 3.8) is 0 Å². The summed E-state index contributed by atoms with van der Waals surface area (Å²) in [6.45, 7) is 8.47. The molecule has 20 heavy (non-hydrogen) atoms. The van der Waals surface area contributed by atoms with Crippen molar-refractivity contribution in [3.8, 4) is 0 Å². The highest BCUT2D eigenvalue weighted by Crippen LogP contribution is 2.20. The molecular weight excluding hydrogens is 268 g/mol. The van der Waals surface area contributed by atoms with Gasteiger partial charge in [-0.1, -0.05) is 51.5 Å². The van der Waals surface area contributed by atoms with Gasteiger partial charge in [0.2, 0.25) is 0 Å². The second-order valence-corrected chi connectivity index (χ2v) is 5.54. The summed E-state index contributed by atoms with van der Waals surface area (Å²) in [6, 6.07) is 7.91. The molecule has 0 bridgehead atoms. The third-order valence-electron chi connectivity index (χ3n) is 3.60. The Hall–Kier alpha value is -1.22. The molecule has 1 aromatic rings. The summed E-state index contributed by atoms with van der Waals surface area (Å²) in [5.74, 6) is -0.0820. The largest absolute Gasteiger partial charge is 0.487 e. The molecule has 0 aliphatic rings. The number of aryl methyl sites for hydroxylation is 1. The Balaban J connectivity index is 2.75. The van der Waals surface area contributed by atoms with Crippen molar-refractivity contribution in [1.82, 2.24) is 0 Å². The first-order valence-electron chi connectivity index (χ1n) is 7.31. The fourth-order valence-electron chi connectivity index (χ4n) is 2.09. The molecule has 0 radical (unpaired) electrons. The van der Waals surface area contributed by atoms with Crippen LogP contribution in [0.2, 0.25) is 0 Å². The molecule has 110 valence electrons. The molecule has 0 aromatic heterocycles. The van der Waals surface area contributed by atoms with Crippen molar-refractivity contribution in [2.24, 2.45) is 11.8 Å². The lowest BCUT2D eigenvalue weighted by Crippen LogP contribution is -2.26. The molecule has 3 heteroatoms. The maximum atomic E-state index is 12.4. The van der Waals surface area contributed by atoms with E-state index in [4.69, 9.17) is 17.0 Å². The number of ether oxygens (including phenoxy) is 1. The van der Waals surface area contributed by atoms with Crippen LogP contribution in [0.1, 0.15) is 50.0 Å². The molecule has 1 rings (SSSR count). The molecule has 0 spiro atoms. The van der Waals surface area contributed by atoms with Gasteiger partial charge in [0.25, 0.3) is 0 Å². The molecular formula is C17H24O2S. The van der Waals surface area contributed by atoms with E-state index in [1.165, 1.54) is 5.56 Å². The van der Waals surface area contributed by atoms with E-state index in [0.717, 1.165) is 18.4 Å². The predicted molar refractivity (Wildman–Crippen MR) is 87.3 cm³/mol. The first-order valence-corrected chi connectivity index (χ1v) is 7.71. The van der Waals surface area contributed by atoms with Crippen molar-refractivity contribution >= 4 is 23.1 Å². The summed E-state index contributed by atoms with van der Waals surface area (Å²) in [5.41, 5.74) is 2.03. The number of rotatable bonds is 7. The van der Waals surface area contributed by atoms with Crippen molar-refractivity contribution in [2.75, 3.05) is 6.61 Å². The van der Waals surface area contributed by atoms with Gasteiger partial charge in [-0.25, -0.2) is 0 Å². The van der Waals surface area contributed by atoms with Crippen LogP contribution in [0.5, 0.6) is 0 Å². The van der Waals surface area contributed by atoms with Crippen LogP contribution < -0.4 is 0 Å². The van der Waals surface area contributed by atoms with Crippen LogP contribution in [0.4, 0.5) is 0 Å². The van der Waals surface area contributed by atoms with Crippen LogP contribution in [0, 0.1) is 11.8 Å². The first-order chi connectivity index (χ1) is 9.51. The van der Waals surface area contributed by atoms with E-state index in [2.05, 4.69) is 6.92 Å². The van der Waals surface area contributed by atoms with Crippen LogP contribution >= 0.6 is 12.2 Å². The molecule has 0 saturated heterocycles. The van der Waals surface area contributed by atoms with Gasteiger partial charge >= 0.3 is 0 Å². The number of Topliss-reactive ketones (excluding diaryl/α,β-unsaturated/α-hetero) is 1. The summed E-state index contributed by atoms with van der Waals surface area (Å²) >= 11 is 5.20. The minimum absolute atomic E-state index is 0.0484. The van der Waals surface area contributed by atoms with Crippen LogP contribution in [0.3, 0.4) is 0 Å². The number of benzene rings is 1. The molecule has 2 nitrogen and oxygen atoms in total. The Morgan fingerprint density at radius 1 is 1.15 bits per heavy atom. The zero-order valence-electron chi connectivity index (χ0n) is 12.8. The molecule has 0 fully saturated rings. The van der Waals surface area contributed by atoms with Crippen molar-refractivity contribution in [1.29, 1.82) is 0 Å². The lowest BCUT2D eigenvalue weighted by Gasteiger charge is -2.19. The Labute approximate surface area is 127 Å². The number of carbonyl (C=O) groups is 1. The zero-order chi connectivity index (χ0) is 15.1. The van der Waals surface area contributed by atoms with Gasteiger partial charge in [-0.2, -0.15) is 0 Å². The summed E-state index contributed by atoms with van der Waals surface area (Å²) in [5, 5.41) is 0.524. The Kier molecular flexibility index (Phi) is 6.86. The Morgan fingerprint density at radius 2 is 1.75 bits per heavy atom. The van der Waals surface area contributed by atoms with Gasteiger partial charge in [-0.05, 0) is 31.1 Å². The van der Waals surface area contributed by atoms with Crippen LogP contribution in [0.15, 0.2) is 24.3 Å². The number of carbonyl (C=O) groups excluding carboxylic acids is 1. The van der Waals surface area contributed by atoms with E-state index in [9.17, 15) is 4.79 Å². The summed E-state index contributed by atoms with van der Waals surface area (Å²) in [6.07, 6.45) is 2.16. The Morgan fingerprint density at radius 3 is 2.25 bits per heavy atom. The van der Waals surface area contributed by atoms with Gasteiger partial charge in [-0.15, -0.1) is 0 Å². The van der Waals surface area contributed by atoms with Crippen molar-refractivity contribution in [2.45, 2.75) is 40.5 Å². The molecule has 0 N–H and O–H groups in total. The standard InChI is InChI=1S/C17H24O2S/c1-5-7-14-8-10-15(11-9-14)16(18)12(3)13(4)17(20)19-6-2/h8-13H,5-7H2,1-4H3. The van der Waals surface area contributed by atoms with E-state index < -0.39 is 0 Å². The van der Waals surface area contributed by atoms with Crippen LogP contribution in [-0.2, 0) is 11.2 Å².